The summed E-state index contributed by atoms with van der Waals surface area (Å²) in [5, 5.41) is 3.51. The second-order valence-electron chi connectivity index (χ2n) is 8.82. The molecule has 0 radical (unpaired) electrons. The molecule has 0 aliphatic rings. The summed E-state index contributed by atoms with van der Waals surface area (Å²) in [6.07, 6.45) is -1.30. The number of benzene rings is 3. The van der Waals surface area contributed by atoms with Crippen molar-refractivity contribution >= 4 is 28.1 Å². The Labute approximate surface area is 207 Å². The fraction of sp³-hybridized carbons (Fsp3) is 0.207. The summed E-state index contributed by atoms with van der Waals surface area (Å²) >= 11 is 0. The minimum atomic E-state index is -4.44. The number of carbonyl (C=O) groups is 1. The van der Waals surface area contributed by atoms with Crippen LogP contribution in [0.1, 0.15) is 34.7 Å². The van der Waals surface area contributed by atoms with Gasteiger partial charge in [0.25, 0.3) is 0 Å². The minimum Gasteiger partial charge on any atom is -0.496 e. The molecule has 1 heterocycles. The Morgan fingerprint density at radius 3 is 2.31 bits per heavy atom. The topological polar surface area (TPSA) is 51.5 Å². The normalized spacial score (nSPS) is 12.2. The molecule has 0 aliphatic heterocycles. The van der Waals surface area contributed by atoms with Gasteiger partial charge in [0.05, 0.1) is 18.9 Å². The fourth-order valence-corrected chi connectivity index (χ4v) is 4.39. The molecule has 7 heteroatoms. The molecule has 36 heavy (non-hydrogen) atoms. The van der Waals surface area contributed by atoms with Crippen LogP contribution in [-0.4, -0.2) is 13.0 Å². The van der Waals surface area contributed by atoms with E-state index in [1.165, 1.54) is 23.8 Å². The van der Waals surface area contributed by atoms with Gasteiger partial charge in [0.1, 0.15) is 11.3 Å². The van der Waals surface area contributed by atoms with E-state index in [1.807, 2.05) is 19.9 Å². The van der Waals surface area contributed by atoms with E-state index in [4.69, 9.17) is 9.15 Å². The summed E-state index contributed by atoms with van der Waals surface area (Å²) in [7, 11) is 1.56. The minimum absolute atomic E-state index is 0.266. The van der Waals surface area contributed by atoms with E-state index >= 15 is 0 Å². The molecule has 0 aliphatic carbocycles. The second kappa shape index (κ2) is 9.57. The molecule has 0 atom stereocenters. The number of alkyl halides is 3. The number of anilines is 1. The van der Waals surface area contributed by atoms with Gasteiger partial charge in [0, 0.05) is 33.8 Å². The summed E-state index contributed by atoms with van der Waals surface area (Å²) in [5.41, 5.74) is 6.63. The van der Waals surface area contributed by atoms with Crippen molar-refractivity contribution in [2.75, 3.05) is 12.4 Å². The number of hydrogen-bond donors (Lipinski definition) is 1. The van der Waals surface area contributed by atoms with Crippen molar-refractivity contribution in [3.05, 3.63) is 88.7 Å². The van der Waals surface area contributed by atoms with Crippen molar-refractivity contribution in [1.82, 2.24) is 0 Å². The highest BCUT2D eigenvalue weighted by Gasteiger charge is 2.30. The quantitative estimate of drug-likeness (QED) is 0.286. The van der Waals surface area contributed by atoms with E-state index in [0.29, 0.717) is 16.9 Å². The Morgan fingerprint density at radius 1 is 1.00 bits per heavy atom. The molecule has 0 fully saturated rings. The van der Waals surface area contributed by atoms with Gasteiger partial charge in [-0.2, -0.15) is 13.2 Å². The molecule has 0 spiro atoms. The number of allylic oxidation sites excluding steroid dienone is 1. The van der Waals surface area contributed by atoms with Crippen molar-refractivity contribution in [3.8, 4) is 16.9 Å². The molecule has 4 nitrogen and oxygen atoms in total. The van der Waals surface area contributed by atoms with Crippen molar-refractivity contribution < 1.29 is 27.1 Å². The lowest BCUT2D eigenvalue weighted by Gasteiger charge is -2.14. The third-order valence-electron chi connectivity index (χ3n) is 6.17. The Hall–Kier alpha value is -4.00. The van der Waals surface area contributed by atoms with Gasteiger partial charge in [0.2, 0.25) is 5.91 Å². The van der Waals surface area contributed by atoms with Crippen LogP contribution in [0.4, 0.5) is 18.9 Å². The van der Waals surface area contributed by atoms with Gasteiger partial charge in [-0.05, 0) is 74.7 Å². The maximum Gasteiger partial charge on any atom is 0.416 e. The Morgan fingerprint density at radius 2 is 1.69 bits per heavy atom. The van der Waals surface area contributed by atoms with Crippen LogP contribution in [0.2, 0.25) is 0 Å². The fourth-order valence-electron chi connectivity index (χ4n) is 4.39. The van der Waals surface area contributed by atoms with Gasteiger partial charge in [-0.25, -0.2) is 0 Å². The number of furan rings is 1. The zero-order chi connectivity index (χ0) is 26.2. The smallest absolute Gasteiger partial charge is 0.416 e. The van der Waals surface area contributed by atoms with Crippen LogP contribution in [0.3, 0.4) is 0 Å². The molecule has 0 unspecified atom stereocenters. The van der Waals surface area contributed by atoms with Crippen LogP contribution in [-0.2, 0) is 11.0 Å². The third kappa shape index (κ3) is 4.87. The third-order valence-corrected chi connectivity index (χ3v) is 6.17. The molecule has 3 aromatic carbocycles. The Balaban J connectivity index is 1.71. The van der Waals surface area contributed by atoms with Crippen molar-refractivity contribution in [1.29, 1.82) is 0 Å². The van der Waals surface area contributed by atoms with Crippen LogP contribution < -0.4 is 10.1 Å². The average molecular weight is 494 g/mol. The maximum absolute atomic E-state index is 12.8. The van der Waals surface area contributed by atoms with Gasteiger partial charge >= 0.3 is 6.18 Å². The number of halogens is 3. The first-order valence-corrected chi connectivity index (χ1v) is 11.3. The number of ether oxygens (including phenoxy) is 1. The number of rotatable bonds is 5. The number of aryl methyl sites for hydroxylation is 3. The molecule has 1 aromatic heterocycles. The molecule has 0 saturated heterocycles. The van der Waals surface area contributed by atoms with E-state index in [0.717, 1.165) is 45.3 Å². The van der Waals surface area contributed by atoms with Gasteiger partial charge in [-0.3, -0.25) is 4.79 Å². The lowest BCUT2D eigenvalue weighted by atomic mass is 9.94. The van der Waals surface area contributed by atoms with Gasteiger partial charge in [0.15, 0.2) is 0 Å². The zero-order valence-electron chi connectivity index (χ0n) is 20.6. The molecule has 0 saturated carbocycles. The highest BCUT2D eigenvalue weighted by Crippen LogP contribution is 2.41. The summed E-state index contributed by atoms with van der Waals surface area (Å²) < 4.78 is 50.0. The standard InChI is InChI=1S/C29H26F3NO3/c1-16-6-11-22(17(2)12-16)25-15-36-28-19(4)27(35-5)23(14-24(25)28)18(3)13-26(34)33-21-9-7-20(8-10-21)29(30,31)32/h6-15H,1-5H3,(H,33,34)/b18-13+. The van der Waals surface area contributed by atoms with Gasteiger partial charge < -0.3 is 14.5 Å². The zero-order valence-corrected chi connectivity index (χ0v) is 20.6. The Kier molecular flexibility index (Phi) is 6.67. The number of methoxy groups -OCH3 is 1. The first-order valence-electron chi connectivity index (χ1n) is 11.3. The predicted octanol–water partition coefficient (Wildman–Crippen LogP) is 8.09. The largest absolute Gasteiger partial charge is 0.496 e. The SMILES string of the molecule is COc1c(/C(C)=C/C(=O)Nc2ccc(C(F)(F)F)cc2)cc2c(-c3ccc(C)cc3C)coc2c1C. The lowest BCUT2D eigenvalue weighted by Crippen LogP contribution is -2.10. The number of nitrogens with one attached hydrogen (secondary N) is 1. The van der Waals surface area contributed by atoms with Crippen molar-refractivity contribution in [2.24, 2.45) is 0 Å². The summed E-state index contributed by atoms with van der Waals surface area (Å²) in [4.78, 5) is 12.7. The Bertz CT molecular complexity index is 1480. The maximum atomic E-state index is 12.8. The first kappa shape index (κ1) is 25.1. The summed E-state index contributed by atoms with van der Waals surface area (Å²) in [6.45, 7) is 7.78. The first-order chi connectivity index (χ1) is 17.0. The van der Waals surface area contributed by atoms with Crippen LogP contribution in [0.15, 0.2) is 65.3 Å². The van der Waals surface area contributed by atoms with E-state index in [-0.39, 0.29) is 5.69 Å². The predicted molar refractivity (Wildman–Crippen MR) is 136 cm³/mol. The average Bonchev–Trinajstić information content (AvgIpc) is 3.22. The lowest BCUT2D eigenvalue weighted by molar-refractivity contribution is -0.137. The molecule has 4 rings (SSSR count). The molecular weight excluding hydrogens is 467 g/mol. The van der Waals surface area contributed by atoms with Gasteiger partial charge in [-0.15, -0.1) is 0 Å². The molecule has 186 valence electrons. The molecular formula is C29H26F3NO3. The van der Waals surface area contributed by atoms with Crippen molar-refractivity contribution in [2.45, 2.75) is 33.9 Å². The van der Waals surface area contributed by atoms with E-state index < -0.39 is 17.6 Å². The van der Waals surface area contributed by atoms with Crippen LogP contribution in [0, 0.1) is 20.8 Å². The monoisotopic (exact) mass is 493 g/mol. The van der Waals surface area contributed by atoms with Crippen LogP contribution >= 0.6 is 0 Å². The second-order valence-corrected chi connectivity index (χ2v) is 8.82. The van der Waals surface area contributed by atoms with E-state index in [9.17, 15) is 18.0 Å². The molecule has 1 N–H and O–H groups in total. The summed E-state index contributed by atoms with van der Waals surface area (Å²) in [6, 6.07) is 12.5. The highest BCUT2D eigenvalue weighted by molar-refractivity contribution is 6.06. The van der Waals surface area contributed by atoms with Crippen LogP contribution in [0.5, 0.6) is 5.75 Å². The molecule has 0 bridgehead atoms. The van der Waals surface area contributed by atoms with Gasteiger partial charge in [-0.1, -0.05) is 23.8 Å². The van der Waals surface area contributed by atoms with E-state index in [2.05, 4.69) is 30.4 Å². The number of fused-ring (bicyclic) bond motifs is 1. The van der Waals surface area contributed by atoms with Crippen molar-refractivity contribution in [3.63, 3.8) is 0 Å². The summed E-state index contributed by atoms with van der Waals surface area (Å²) in [5.74, 6) is 0.119. The van der Waals surface area contributed by atoms with Crippen LogP contribution in [0.25, 0.3) is 27.7 Å². The number of hydrogen-bond acceptors (Lipinski definition) is 3. The number of amides is 1. The highest BCUT2D eigenvalue weighted by atomic mass is 19.4. The molecule has 4 aromatic rings. The van der Waals surface area contributed by atoms with E-state index in [1.54, 1.807) is 20.3 Å². The molecule has 1 amide bonds. The number of carbonyl (C=O) groups excluding carboxylic acids is 1.